The molecule has 0 radical (unpaired) electrons. The average Bonchev–Trinajstić information content (AvgIpc) is 2.84. The standard InChI is InChI=1S/C12H20N2O3S2/c1-11-3-4-12(18-11)19(16,17)14-8-6-13(7-9-14)5-2-10-15/h3-4,15H,2,5-10H2,1H3. The fraction of sp³-hybridized carbons (Fsp3) is 0.667. The Bertz CT molecular complexity index is 505. The molecular formula is C12H20N2O3S2. The van der Waals surface area contributed by atoms with Crippen LogP contribution in [0.3, 0.4) is 0 Å². The zero-order chi connectivity index (χ0) is 13.9. The first-order chi connectivity index (χ1) is 9.04. The summed E-state index contributed by atoms with van der Waals surface area (Å²) in [6.45, 7) is 5.48. The molecule has 1 fully saturated rings. The molecule has 1 saturated heterocycles. The van der Waals surface area contributed by atoms with Gasteiger partial charge in [0.2, 0.25) is 0 Å². The van der Waals surface area contributed by atoms with Crippen molar-refractivity contribution >= 4 is 21.4 Å². The number of nitrogens with zero attached hydrogens (tertiary/aromatic N) is 2. The second-order valence-corrected chi connectivity index (χ2v) is 8.14. The first-order valence-corrected chi connectivity index (χ1v) is 8.69. The number of rotatable bonds is 5. The van der Waals surface area contributed by atoms with Crippen LogP contribution in [0.15, 0.2) is 16.3 Å². The molecule has 7 heteroatoms. The van der Waals surface area contributed by atoms with E-state index in [2.05, 4.69) is 4.90 Å². The molecule has 108 valence electrons. The third-order valence-corrected chi connectivity index (χ3v) is 6.64. The van der Waals surface area contributed by atoms with Crippen LogP contribution in [0.4, 0.5) is 0 Å². The summed E-state index contributed by atoms with van der Waals surface area (Å²) in [6.07, 6.45) is 0.747. The van der Waals surface area contributed by atoms with Crippen molar-refractivity contribution in [1.82, 2.24) is 9.21 Å². The third-order valence-electron chi connectivity index (χ3n) is 3.27. The average molecular weight is 304 g/mol. The van der Waals surface area contributed by atoms with E-state index in [0.717, 1.165) is 30.9 Å². The molecule has 0 amide bonds. The Hall–Kier alpha value is -0.470. The minimum atomic E-state index is -3.31. The molecular weight excluding hydrogens is 284 g/mol. The molecule has 1 aromatic rings. The van der Waals surface area contributed by atoms with Crippen molar-refractivity contribution < 1.29 is 13.5 Å². The molecule has 0 saturated carbocycles. The maximum atomic E-state index is 12.4. The van der Waals surface area contributed by atoms with E-state index in [1.54, 1.807) is 10.4 Å². The zero-order valence-corrected chi connectivity index (χ0v) is 12.7. The van der Waals surface area contributed by atoms with E-state index in [4.69, 9.17) is 5.11 Å². The number of sulfonamides is 1. The minimum Gasteiger partial charge on any atom is -0.396 e. The highest BCUT2D eigenvalue weighted by Crippen LogP contribution is 2.25. The van der Waals surface area contributed by atoms with Crippen molar-refractivity contribution in [3.05, 3.63) is 17.0 Å². The number of aliphatic hydroxyl groups is 1. The molecule has 1 aliphatic heterocycles. The topological polar surface area (TPSA) is 60.9 Å². The summed E-state index contributed by atoms with van der Waals surface area (Å²) in [6, 6.07) is 3.53. The van der Waals surface area contributed by atoms with Gasteiger partial charge in [-0.25, -0.2) is 8.42 Å². The molecule has 0 bridgehead atoms. The van der Waals surface area contributed by atoms with Gasteiger partial charge in [0.15, 0.2) is 0 Å². The Balaban J connectivity index is 1.97. The second-order valence-electron chi connectivity index (χ2n) is 4.69. The quantitative estimate of drug-likeness (QED) is 0.872. The predicted octanol–water partition coefficient (Wildman–Crippen LogP) is 0.745. The number of aryl methyl sites for hydroxylation is 1. The number of hydrogen-bond donors (Lipinski definition) is 1. The Morgan fingerprint density at radius 2 is 1.95 bits per heavy atom. The predicted molar refractivity (Wildman–Crippen MR) is 76.0 cm³/mol. The van der Waals surface area contributed by atoms with E-state index in [9.17, 15) is 8.42 Å². The Labute approximate surface area is 118 Å². The van der Waals surface area contributed by atoms with Crippen LogP contribution >= 0.6 is 11.3 Å². The van der Waals surface area contributed by atoms with Crippen LogP contribution in [0.5, 0.6) is 0 Å². The summed E-state index contributed by atoms with van der Waals surface area (Å²) >= 11 is 1.33. The highest BCUT2D eigenvalue weighted by molar-refractivity contribution is 7.91. The maximum Gasteiger partial charge on any atom is 0.252 e. The summed E-state index contributed by atoms with van der Waals surface area (Å²) in [7, 11) is -3.31. The van der Waals surface area contributed by atoms with E-state index in [0.29, 0.717) is 17.3 Å². The molecule has 19 heavy (non-hydrogen) atoms. The van der Waals surface area contributed by atoms with Crippen LogP contribution in [0.2, 0.25) is 0 Å². The van der Waals surface area contributed by atoms with E-state index in [-0.39, 0.29) is 6.61 Å². The normalized spacial score (nSPS) is 18.8. The number of hydrogen-bond acceptors (Lipinski definition) is 5. The van der Waals surface area contributed by atoms with E-state index < -0.39 is 10.0 Å². The van der Waals surface area contributed by atoms with Gasteiger partial charge >= 0.3 is 0 Å². The van der Waals surface area contributed by atoms with Gasteiger partial charge in [-0.05, 0) is 25.5 Å². The van der Waals surface area contributed by atoms with Crippen LogP contribution in [-0.4, -0.2) is 62.1 Å². The van der Waals surface area contributed by atoms with Crippen LogP contribution in [0.1, 0.15) is 11.3 Å². The lowest BCUT2D eigenvalue weighted by molar-refractivity contribution is 0.171. The van der Waals surface area contributed by atoms with Crippen LogP contribution in [0, 0.1) is 6.92 Å². The number of thiophene rings is 1. The Morgan fingerprint density at radius 3 is 2.47 bits per heavy atom. The van der Waals surface area contributed by atoms with Gasteiger partial charge in [-0.2, -0.15) is 4.31 Å². The first-order valence-electron chi connectivity index (χ1n) is 6.44. The second kappa shape index (κ2) is 6.32. The molecule has 5 nitrogen and oxygen atoms in total. The van der Waals surface area contributed by atoms with Gasteiger partial charge in [0.25, 0.3) is 10.0 Å². The van der Waals surface area contributed by atoms with Crippen LogP contribution < -0.4 is 0 Å². The van der Waals surface area contributed by atoms with E-state index in [1.807, 2.05) is 13.0 Å². The summed E-state index contributed by atoms with van der Waals surface area (Å²) in [5.41, 5.74) is 0. The minimum absolute atomic E-state index is 0.187. The van der Waals surface area contributed by atoms with Crippen LogP contribution in [0.25, 0.3) is 0 Å². The first kappa shape index (κ1) is 14.9. The fourth-order valence-corrected chi connectivity index (χ4v) is 5.03. The van der Waals surface area contributed by atoms with Gasteiger partial charge in [-0.1, -0.05) is 0 Å². The molecule has 2 heterocycles. The Kier molecular flexibility index (Phi) is 4.97. The van der Waals surface area contributed by atoms with Crippen molar-refractivity contribution in [3.63, 3.8) is 0 Å². The van der Waals surface area contributed by atoms with Gasteiger partial charge in [0, 0.05) is 44.2 Å². The van der Waals surface area contributed by atoms with Gasteiger partial charge in [-0.3, -0.25) is 0 Å². The Morgan fingerprint density at radius 1 is 1.26 bits per heavy atom. The monoisotopic (exact) mass is 304 g/mol. The highest BCUT2D eigenvalue weighted by atomic mass is 32.2. The zero-order valence-electron chi connectivity index (χ0n) is 11.1. The lowest BCUT2D eigenvalue weighted by Gasteiger charge is -2.33. The number of piperazine rings is 1. The molecule has 1 aliphatic rings. The van der Waals surface area contributed by atoms with Crippen molar-refractivity contribution in [1.29, 1.82) is 0 Å². The summed E-state index contributed by atoms with van der Waals surface area (Å²) in [5.74, 6) is 0. The smallest absolute Gasteiger partial charge is 0.252 e. The summed E-state index contributed by atoms with van der Waals surface area (Å²) < 4.78 is 26.8. The lowest BCUT2D eigenvalue weighted by Crippen LogP contribution is -2.48. The molecule has 0 spiro atoms. The van der Waals surface area contributed by atoms with Crippen LogP contribution in [-0.2, 0) is 10.0 Å². The SMILES string of the molecule is Cc1ccc(S(=O)(=O)N2CCN(CCCO)CC2)s1. The van der Waals surface area contributed by atoms with Crippen molar-refractivity contribution in [2.45, 2.75) is 17.6 Å². The van der Waals surface area contributed by atoms with Gasteiger partial charge < -0.3 is 10.0 Å². The molecule has 1 N–H and O–H groups in total. The number of aliphatic hydroxyl groups excluding tert-OH is 1. The molecule has 0 unspecified atom stereocenters. The fourth-order valence-electron chi connectivity index (χ4n) is 2.17. The molecule has 0 aromatic carbocycles. The van der Waals surface area contributed by atoms with Crippen molar-refractivity contribution in [3.8, 4) is 0 Å². The van der Waals surface area contributed by atoms with E-state index in [1.165, 1.54) is 11.3 Å². The molecule has 2 rings (SSSR count). The van der Waals surface area contributed by atoms with Crippen molar-refractivity contribution in [2.24, 2.45) is 0 Å². The van der Waals surface area contributed by atoms with E-state index >= 15 is 0 Å². The molecule has 0 atom stereocenters. The largest absolute Gasteiger partial charge is 0.396 e. The molecule has 0 aliphatic carbocycles. The van der Waals surface area contributed by atoms with Gasteiger partial charge in [0.05, 0.1) is 0 Å². The highest BCUT2D eigenvalue weighted by Gasteiger charge is 2.29. The lowest BCUT2D eigenvalue weighted by atomic mass is 10.3. The summed E-state index contributed by atoms with van der Waals surface area (Å²) in [5, 5.41) is 8.80. The summed E-state index contributed by atoms with van der Waals surface area (Å²) in [4.78, 5) is 3.21. The van der Waals surface area contributed by atoms with Gasteiger partial charge in [0.1, 0.15) is 4.21 Å². The van der Waals surface area contributed by atoms with Crippen molar-refractivity contribution in [2.75, 3.05) is 39.3 Å². The molecule has 1 aromatic heterocycles. The third kappa shape index (κ3) is 3.55. The maximum absolute atomic E-state index is 12.4. The van der Waals surface area contributed by atoms with Gasteiger partial charge in [-0.15, -0.1) is 11.3 Å².